The lowest BCUT2D eigenvalue weighted by Crippen LogP contribution is -2.39. The Kier molecular flexibility index (Phi) is 5.33. The number of furan rings is 1. The normalized spacial score (nSPS) is 18.0. The maximum atomic E-state index is 11.9. The average molecular weight is 326 g/mol. The molecular weight excluding hydrogens is 304 g/mol. The quantitative estimate of drug-likeness (QED) is 0.854. The van der Waals surface area contributed by atoms with Crippen molar-refractivity contribution in [3.8, 4) is 0 Å². The number of nitrogens with one attached hydrogen (secondary N) is 1. The number of methoxy groups -OCH3 is 1. The van der Waals surface area contributed by atoms with Gasteiger partial charge >= 0.3 is 0 Å². The Morgan fingerprint density at radius 3 is 2.88 bits per heavy atom. The Hall–Kier alpha value is -2.53. The van der Waals surface area contributed by atoms with Crippen LogP contribution in [-0.2, 0) is 9.53 Å². The lowest BCUT2D eigenvalue weighted by molar-refractivity contribution is -0.111. The summed E-state index contributed by atoms with van der Waals surface area (Å²) in [5, 5.41) is 2.84. The fourth-order valence-corrected chi connectivity index (χ4v) is 2.85. The molecule has 0 radical (unpaired) electrons. The Bertz CT molecular complexity index is 677. The van der Waals surface area contributed by atoms with Crippen molar-refractivity contribution in [2.24, 2.45) is 0 Å². The second-order valence-electron chi connectivity index (χ2n) is 5.83. The molecule has 126 valence electrons. The number of benzene rings is 1. The SMILES string of the molecule is CO[C@H]1CCCN(c2ccc(NC(=O)/C=C/c3ccco3)cc2)C1. The molecule has 1 aliphatic rings. The van der Waals surface area contributed by atoms with E-state index in [0.717, 1.165) is 37.3 Å². The van der Waals surface area contributed by atoms with Crippen molar-refractivity contribution in [1.82, 2.24) is 0 Å². The Balaban J connectivity index is 1.57. The summed E-state index contributed by atoms with van der Waals surface area (Å²) in [4.78, 5) is 14.2. The number of anilines is 2. The molecule has 2 aromatic rings. The van der Waals surface area contributed by atoms with Gasteiger partial charge in [0.25, 0.3) is 0 Å². The zero-order valence-corrected chi connectivity index (χ0v) is 13.8. The van der Waals surface area contributed by atoms with E-state index in [0.29, 0.717) is 11.9 Å². The summed E-state index contributed by atoms with van der Waals surface area (Å²) in [6, 6.07) is 11.5. The monoisotopic (exact) mass is 326 g/mol. The van der Waals surface area contributed by atoms with Crippen LogP contribution in [-0.4, -0.2) is 32.2 Å². The molecule has 24 heavy (non-hydrogen) atoms. The molecule has 5 heteroatoms. The van der Waals surface area contributed by atoms with Crippen molar-refractivity contribution in [1.29, 1.82) is 0 Å². The number of carbonyl (C=O) groups is 1. The molecule has 0 saturated carbocycles. The second kappa shape index (κ2) is 7.84. The number of piperidine rings is 1. The maximum absolute atomic E-state index is 11.9. The number of rotatable bonds is 5. The lowest BCUT2D eigenvalue weighted by atomic mass is 10.1. The van der Waals surface area contributed by atoms with E-state index < -0.39 is 0 Å². The van der Waals surface area contributed by atoms with Gasteiger partial charge < -0.3 is 19.4 Å². The van der Waals surface area contributed by atoms with Crippen LogP contribution in [0.5, 0.6) is 0 Å². The van der Waals surface area contributed by atoms with Gasteiger partial charge in [-0.3, -0.25) is 4.79 Å². The van der Waals surface area contributed by atoms with Gasteiger partial charge in [-0.25, -0.2) is 0 Å². The molecule has 5 nitrogen and oxygen atoms in total. The predicted molar refractivity (Wildman–Crippen MR) is 95.1 cm³/mol. The molecule has 1 saturated heterocycles. The van der Waals surface area contributed by atoms with E-state index in [1.807, 2.05) is 24.3 Å². The number of nitrogens with zero attached hydrogens (tertiary/aromatic N) is 1. The molecule has 1 amide bonds. The summed E-state index contributed by atoms with van der Waals surface area (Å²) in [6.07, 6.45) is 7.22. The van der Waals surface area contributed by atoms with Gasteiger partial charge in [0, 0.05) is 37.7 Å². The molecule has 1 aromatic carbocycles. The predicted octanol–water partition coefficient (Wildman–Crippen LogP) is 3.55. The summed E-state index contributed by atoms with van der Waals surface area (Å²) in [5.41, 5.74) is 1.93. The van der Waals surface area contributed by atoms with Crippen LogP contribution < -0.4 is 10.2 Å². The first-order valence-corrected chi connectivity index (χ1v) is 8.15. The van der Waals surface area contributed by atoms with Crippen LogP contribution in [0.25, 0.3) is 6.08 Å². The molecule has 0 spiro atoms. The zero-order valence-electron chi connectivity index (χ0n) is 13.8. The average Bonchev–Trinajstić information content (AvgIpc) is 3.14. The highest BCUT2D eigenvalue weighted by Crippen LogP contribution is 2.23. The highest BCUT2D eigenvalue weighted by Gasteiger charge is 2.19. The first-order chi connectivity index (χ1) is 11.7. The van der Waals surface area contributed by atoms with E-state index >= 15 is 0 Å². The molecule has 0 unspecified atom stereocenters. The van der Waals surface area contributed by atoms with E-state index in [2.05, 4.69) is 10.2 Å². The summed E-state index contributed by atoms with van der Waals surface area (Å²) in [5.74, 6) is 0.467. The van der Waals surface area contributed by atoms with Gasteiger partial charge in [-0.1, -0.05) is 0 Å². The van der Waals surface area contributed by atoms with Crippen molar-refractivity contribution in [2.75, 3.05) is 30.4 Å². The number of hydrogen-bond acceptors (Lipinski definition) is 4. The minimum atomic E-state index is -0.184. The van der Waals surface area contributed by atoms with Gasteiger partial charge in [-0.2, -0.15) is 0 Å². The molecule has 1 atom stereocenters. The first-order valence-electron chi connectivity index (χ1n) is 8.15. The topological polar surface area (TPSA) is 54.7 Å². The van der Waals surface area contributed by atoms with Crippen molar-refractivity contribution >= 4 is 23.4 Å². The molecule has 3 rings (SSSR count). The van der Waals surface area contributed by atoms with E-state index in [1.165, 1.54) is 6.08 Å². The van der Waals surface area contributed by atoms with Crippen molar-refractivity contribution < 1.29 is 13.9 Å². The Labute approximate surface area is 141 Å². The van der Waals surface area contributed by atoms with Gasteiger partial charge in [-0.15, -0.1) is 0 Å². The summed E-state index contributed by atoms with van der Waals surface area (Å²) >= 11 is 0. The van der Waals surface area contributed by atoms with E-state index in [1.54, 1.807) is 31.6 Å². The van der Waals surface area contributed by atoms with Gasteiger partial charge in [-0.05, 0) is 55.3 Å². The largest absolute Gasteiger partial charge is 0.465 e. The molecule has 1 N–H and O–H groups in total. The van der Waals surface area contributed by atoms with E-state index in [9.17, 15) is 4.79 Å². The summed E-state index contributed by atoms with van der Waals surface area (Å²) in [7, 11) is 1.77. The van der Waals surface area contributed by atoms with Crippen LogP contribution in [0.4, 0.5) is 11.4 Å². The number of hydrogen-bond donors (Lipinski definition) is 1. The number of ether oxygens (including phenoxy) is 1. The smallest absolute Gasteiger partial charge is 0.248 e. The standard InChI is InChI=1S/C19H22N2O3/c1-23-18-4-2-12-21(14-18)16-8-6-15(7-9-16)20-19(22)11-10-17-5-3-13-24-17/h3,5-11,13,18H,2,4,12,14H2,1H3,(H,20,22)/b11-10+/t18-/m0/s1. The lowest BCUT2D eigenvalue weighted by Gasteiger charge is -2.33. The van der Waals surface area contributed by atoms with Crippen molar-refractivity contribution in [3.63, 3.8) is 0 Å². The molecule has 1 aliphatic heterocycles. The van der Waals surface area contributed by atoms with E-state index in [-0.39, 0.29) is 5.91 Å². The third-order valence-corrected chi connectivity index (χ3v) is 4.15. The number of amides is 1. The van der Waals surface area contributed by atoms with Crippen LogP contribution in [0.3, 0.4) is 0 Å². The third-order valence-electron chi connectivity index (χ3n) is 4.15. The highest BCUT2D eigenvalue weighted by molar-refractivity contribution is 6.01. The highest BCUT2D eigenvalue weighted by atomic mass is 16.5. The summed E-state index contributed by atoms with van der Waals surface area (Å²) < 4.78 is 10.6. The van der Waals surface area contributed by atoms with Crippen molar-refractivity contribution in [3.05, 3.63) is 54.5 Å². The molecule has 2 heterocycles. The zero-order chi connectivity index (χ0) is 16.8. The maximum Gasteiger partial charge on any atom is 0.248 e. The third kappa shape index (κ3) is 4.26. The number of carbonyl (C=O) groups excluding carboxylic acids is 1. The fraction of sp³-hybridized carbons (Fsp3) is 0.316. The molecule has 1 aromatic heterocycles. The van der Waals surface area contributed by atoms with Crippen LogP contribution in [0, 0.1) is 0 Å². The van der Waals surface area contributed by atoms with E-state index in [4.69, 9.17) is 9.15 Å². The Morgan fingerprint density at radius 1 is 1.33 bits per heavy atom. The minimum absolute atomic E-state index is 0.184. The van der Waals surface area contributed by atoms with Gasteiger partial charge in [0.2, 0.25) is 5.91 Å². The van der Waals surface area contributed by atoms with Crippen molar-refractivity contribution in [2.45, 2.75) is 18.9 Å². The van der Waals surface area contributed by atoms with Gasteiger partial charge in [0.15, 0.2) is 0 Å². The van der Waals surface area contributed by atoms with Crippen LogP contribution in [0.15, 0.2) is 53.2 Å². The first kappa shape index (κ1) is 16.3. The molecular formula is C19H22N2O3. The van der Waals surface area contributed by atoms with Gasteiger partial charge in [0.1, 0.15) is 5.76 Å². The fourth-order valence-electron chi connectivity index (χ4n) is 2.85. The summed E-state index contributed by atoms with van der Waals surface area (Å²) in [6.45, 7) is 1.95. The molecule has 1 fully saturated rings. The molecule has 0 aliphatic carbocycles. The minimum Gasteiger partial charge on any atom is -0.465 e. The van der Waals surface area contributed by atoms with Crippen LogP contribution in [0.2, 0.25) is 0 Å². The van der Waals surface area contributed by atoms with Crippen LogP contribution >= 0.6 is 0 Å². The van der Waals surface area contributed by atoms with Gasteiger partial charge in [0.05, 0.1) is 12.4 Å². The second-order valence-corrected chi connectivity index (χ2v) is 5.83. The van der Waals surface area contributed by atoms with Crippen LogP contribution in [0.1, 0.15) is 18.6 Å². The molecule has 0 bridgehead atoms. The Morgan fingerprint density at radius 2 is 2.17 bits per heavy atom.